The van der Waals surface area contributed by atoms with Crippen molar-refractivity contribution in [3.05, 3.63) is 248 Å². The maximum Gasteiger partial charge on any atom is 0.235 e. The Bertz CT molecular complexity index is 4870. The number of hydrogen-bond donors (Lipinski definition) is 0. The molecule has 0 aliphatic heterocycles. The molecule has 1 aliphatic rings. The fourth-order valence-electron chi connectivity index (χ4n) is 12.2. The molecule has 0 radical (unpaired) electrons. The molecule has 5 aromatic heterocycles. The average Bonchev–Trinajstić information content (AvgIpc) is 4.26. The van der Waals surface area contributed by atoms with Gasteiger partial charge in [0.15, 0.2) is 0 Å². The van der Waals surface area contributed by atoms with E-state index in [4.69, 9.17) is 9.97 Å². The number of fused-ring (bicyclic) bond motifs is 13. The zero-order valence-electron chi connectivity index (χ0n) is 40.0. The minimum absolute atomic E-state index is 0.281. The van der Waals surface area contributed by atoms with Crippen LogP contribution in [0.15, 0.2) is 243 Å². The third-order valence-corrected chi connectivity index (χ3v) is 16.8. The summed E-state index contributed by atoms with van der Waals surface area (Å²) in [5.74, 6) is 0.938. The minimum Gasteiger partial charge on any atom is -0.309 e. The number of nitrogens with zero attached hydrogens (tertiary/aromatic N) is 5. The number of thiophene rings is 1. The first kappa shape index (κ1) is 41.3. The minimum atomic E-state index is 0.281. The lowest BCUT2D eigenvalue weighted by Crippen LogP contribution is -2.02. The summed E-state index contributed by atoms with van der Waals surface area (Å²) < 4.78 is 8.25. The third-order valence-electron chi connectivity index (χ3n) is 15.5. The van der Waals surface area contributed by atoms with Gasteiger partial charge in [0.1, 0.15) is 0 Å². The average molecular weight is 962 g/mol. The molecule has 6 heteroatoms. The van der Waals surface area contributed by atoms with Crippen LogP contribution < -0.4 is 0 Å². The molecule has 1 atom stereocenters. The van der Waals surface area contributed by atoms with Gasteiger partial charge in [-0.05, 0) is 112 Å². The molecular formula is C68H43N5S. The van der Waals surface area contributed by atoms with E-state index in [-0.39, 0.29) is 5.92 Å². The van der Waals surface area contributed by atoms with Crippen molar-refractivity contribution in [1.82, 2.24) is 23.7 Å². The van der Waals surface area contributed by atoms with Crippen molar-refractivity contribution in [1.29, 1.82) is 0 Å². The summed E-state index contributed by atoms with van der Waals surface area (Å²) in [7, 11) is 0. The van der Waals surface area contributed by atoms with Crippen LogP contribution in [0.3, 0.4) is 0 Å². The quantitative estimate of drug-likeness (QED) is 0.167. The number of hydrogen-bond acceptors (Lipinski definition) is 3. The lowest BCUT2D eigenvalue weighted by atomic mass is 9.98. The van der Waals surface area contributed by atoms with E-state index in [1.807, 2.05) is 11.3 Å². The van der Waals surface area contributed by atoms with E-state index in [1.54, 1.807) is 0 Å². The smallest absolute Gasteiger partial charge is 0.235 e. The van der Waals surface area contributed by atoms with Gasteiger partial charge in [0.05, 0.1) is 49.0 Å². The van der Waals surface area contributed by atoms with Crippen LogP contribution in [0.4, 0.5) is 0 Å². The largest absolute Gasteiger partial charge is 0.309 e. The lowest BCUT2D eigenvalue weighted by Gasteiger charge is -2.12. The Morgan fingerprint density at radius 3 is 1.86 bits per heavy atom. The van der Waals surface area contributed by atoms with E-state index >= 15 is 0 Å². The zero-order valence-corrected chi connectivity index (χ0v) is 40.8. The molecular weight excluding hydrogens is 919 g/mol. The molecule has 16 rings (SSSR count). The molecule has 0 saturated heterocycles. The van der Waals surface area contributed by atoms with Crippen LogP contribution in [0.25, 0.3) is 137 Å². The monoisotopic (exact) mass is 961 g/mol. The predicted octanol–water partition coefficient (Wildman–Crippen LogP) is 18.2. The first-order valence-corrected chi connectivity index (χ1v) is 26.2. The molecule has 1 unspecified atom stereocenters. The summed E-state index contributed by atoms with van der Waals surface area (Å²) in [5.41, 5.74) is 14.4. The van der Waals surface area contributed by atoms with E-state index in [1.165, 1.54) is 70.1 Å². The Morgan fingerprint density at radius 1 is 0.419 bits per heavy atom. The van der Waals surface area contributed by atoms with Crippen LogP contribution in [0.5, 0.6) is 0 Å². The van der Waals surface area contributed by atoms with Crippen LogP contribution in [0.1, 0.15) is 17.2 Å². The number of allylic oxidation sites excluding steroid dienone is 4. The molecule has 0 fully saturated rings. The summed E-state index contributed by atoms with van der Waals surface area (Å²) in [6.45, 7) is 0. The summed E-state index contributed by atoms with van der Waals surface area (Å²) in [6.07, 6.45) is 9.87. The van der Waals surface area contributed by atoms with Crippen LogP contribution >= 0.6 is 11.3 Å². The highest BCUT2D eigenvalue weighted by molar-refractivity contribution is 7.19. The van der Waals surface area contributed by atoms with Gasteiger partial charge in [-0.15, -0.1) is 11.3 Å². The van der Waals surface area contributed by atoms with Crippen molar-refractivity contribution in [3.8, 4) is 39.7 Å². The van der Waals surface area contributed by atoms with Gasteiger partial charge in [0, 0.05) is 65.6 Å². The van der Waals surface area contributed by atoms with Crippen molar-refractivity contribution < 1.29 is 0 Å². The summed E-state index contributed by atoms with van der Waals surface area (Å²) in [5, 5.41) is 12.1. The lowest BCUT2D eigenvalue weighted by molar-refractivity contribution is 0.874. The highest BCUT2D eigenvalue weighted by atomic mass is 32.1. The van der Waals surface area contributed by atoms with Gasteiger partial charge in [-0.1, -0.05) is 164 Å². The van der Waals surface area contributed by atoms with Gasteiger partial charge in [-0.3, -0.25) is 4.57 Å². The Balaban J connectivity index is 0.956. The molecule has 0 N–H and O–H groups in total. The van der Waals surface area contributed by atoms with E-state index in [0.717, 1.165) is 72.2 Å². The van der Waals surface area contributed by atoms with Gasteiger partial charge in [-0.25, -0.2) is 9.97 Å². The van der Waals surface area contributed by atoms with Crippen LogP contribution in [0, 0.1) is 0 Å². The maximum absolute atomic E-state index is 5.74. The van der Waals surface area contributed by atoms with Crippen molar-refractivity contribution in [2.24, 2.45) is 0 Å². The molecule has 15 aromatic rings. The molecule has 0 bridgehead atoms. The second-order valence-corrected chi connectivity index (χ2v) is 20.7. The van der Waals surface area contributed by atoms with Crippen LogP contribution in [-0.2, 0) is 0 Å². The SMILES string of the molecule is C1=CCC(c2cc3nc(-n4c5ccc(-c6cccc7c8c9ccccc9ccc8n(-c8ccccc8)c67)cc5c5cc6ccccc6cc54)nc(-c4ccc5c(c4)c4ccccc4n5-c4ccccc4)c3s2)C=C1. The predicted molar refractivity (Wildman–Crippen MR) is 312 cm³/mol. The molecule has 0 amide bonds. The third kappa shape index (κ3) is 6.16. The Hall–Kier alpha value is -9.36. The van der Waals surface area contributed by atoms with Crippen LogP contribution in [-0.4, -0.2) is 23.7 Å². The second-order valence-electron chi connectivity index (χ2n) is 19.6. The standard InChI is InChI=1S/C68H43N5S/c1-4-18-43(19-5-1)63-41-57-67(74-63)65(47-33-35-59-54(39-47)52-27-14-15-30-58(52)71(59)48-22-6-2-7-23-48)70-68(69-57)73-60-34-32-46(38-55(60)56-37-44-20-10-11-21-45(44)40-62(56)73)51-28-16-29-53-64-50-26-13-12-17-42(50)31-36-61(64)72(66(51)53)49-24-8-3-9-25-49/h1-18,20-41,43H,19H2. The Kier molecular flexibility index (Phi) is 8.97. The number of rotatable bonds is 6. The van der Waals surface area contributed by atoms with E-state index in [0.29, 0.717) is 5.95 Å². The topological polar surface area (TPSA) is 40.6 Å². The van der Waals surface area contributed by atoms with E-state index in [9.17, 15) is 0 Å². The summed E-state index contributed by atoms with van der Waals surface area (Å²) >= 11 is 1.83. The van der Waals surface area contributed by atoms with Gasteiger partial charge >= 0.3 is 0 Å². The molecule has 1 aliphatic carbocycles. The van der Waals surface area contributed by atoms with Crippen LogP contribution in [0.2, 0.25) is 0 Å². The molecule has 346 valence electrons. The fourth-order valence-corrected chi connectivity index (χ4v) is 13.4. The molecule has 10 aromatic carbocycles. The number of para-hydroxylation sites is 4. The fraction of sp³-hybridized carbons (Fsp3) is 0.0294. The van der Waals surface area contributed by atoms with Crippen molar-refractivity contribution in [2.45, 2.75) is 12.3 Å². The summed E-state index contributed by atoms with van der Waals surface area (Å²) in [4.78, 5) is 12.6. The zero-order chi connectivity index (χ0) is 48.4. The van der Waals surface area contributed by atoms with E-state index < -0.39 is 0 Å². The summed E-state index contributed by atoms with van der Waals surface area (Å²) in [6, 6.07) is 80.0. The number of benzene rings is 10. The van der Waals surface area contributed by atoms with Gasteiger partial charge < -0.3 is 9.13 Å². The maximum atomic E-state index is 5.74. The van der Waals surface area contributed by atoms with Gasteiger partial charge in [0.25, 0.3) is 0 Å². The molecule has 0 saturated carbocycles. The molecule has 5 nitrogen and oxygen atoms in total. The normalized spacial score (nSPS) is 13.9. The number of aromatic nitrogens is 5. The molecule has 74 heavy (non-hydrogen) atoms. The van der Waals surface area contributed by atoms with Gasteiger partial charge in [-0.2, -0.15) is 0 Å². The Morgan fingerprint density at radius 2 is 1.05 bits per heavy atom. The first-order chi connectivity index (χ1) is 36.7. The van der Waals surface area contributed by atoms with E-state index in [2.05, 4.69) is 256 Å². The molecule has 5 heterocycles. The highest BCUT2D eigenvalue weighted by Gasteiger charge is 2.24. The second kappa shape index (κ2) is 16.1. The van der Waals surface area contributed by atoms with Crippen molar-refractivity contribution in [2.75, 3.05) is 0 Å². The first-order valence-electron chi connectivity index (χ1n) is 25.4. The van der Waals surface area contributed by atoms with Crippen molar-refractivity contribution in [3.63, 3.8) is 0 Å². The van der Waals surface area contributed by atoms with Gasteiger partial charge in [0.2, 0.25) is 5.95 Å². The Labute approximate surface area is 429 Å². The van der Waals surface area contributed by atoms with Crippen molar-refractivity contribution >= 4 is 109 Å². The molecule has 0 spiro atoms. The highest BCUT2D eigenvalue weighted by Crippen LogP contribution is 2.45.